The molecule has 2 unspecified atom stereocenters. The van der Waals surface area contributed by atoms with E-state index in [9.17, 15) is 4.79 Å². The van der Waals surface area contributed by atoms with Crippen molar-refractivity contribution < 1.29 is 14.3 Å². The Balaban J connectivity index is 1.11. The molecule has 0 spiro atoms. The van der Waals surface area contributed by atoms with Crippen molar-refractivity contribution >= 4 is 73.3 Å². The lowest BCUT2D eigenvalue weighted by Crippen LogP contribution is -2.18. The summed E-state index contributed by atoms with van der Waals surface area (Å²) in [6.07, 6.45) is 7.03. The molecule has 0 aliphatic carbocycles. The third-order valence-corrected chi connectivity index (χ3v) is 11.3. The van der Waals surface area contributed by atoms with E-state index in [0.717, 1.165) is 33.9 Å². The molecule has 4 heterocycles. The predicted octanol–water partition coefficient (Wildman–Crippen LogP) is 13.6. The second-order valence-corrected chi connectivity index (χ2v) is 15.9. The normalized spacial score (nSPS) is 12.1. The van der Waals surface area contributed by atoms with E-state index in [-0.39, 0.29) is 5.78 Å². The summed E-state index contributed by atoms with van der Waals surface area (Å²) in [5.74, 6) is 0.995. The maximum atomic E-state index is 14.8. The summed E-state index contributed by atoms with van der Waals surface area (Å²) in [6.45, 7) is 3.79. The molecule has 0 radical (unpaired) electrons. The third-order valence-electron chi connectivity index (χ3n) is 9.31. The second-order valence-electron chi connectivity index (χ2n) is 13.3. The first kappa shape index (κ1) is 38.7. The van der Waals surface area contributed by atoms with Crippen molar-refractivity contribution in [2.45, 2.75) is 25.7 Å². The number of nitrogens with one attached hydrogen (secondary N) is 2. The lowest BCUT2D eigenvalue weighted by atomic mass is 9.84. The van der Waals surface area contributed by atoms with Gasteiger partial charge in [0.05, 0.1) is 11.4 Å². The number of thiazole rings is 2. The number of nitrogens with zero attached hydrogens (tertiary/aromatic N) is 4. The number of ketones is 1. The van der Waals surface area contributed by atoms with Crippen LogP contribution in [0.5, 0.6) is 23.0 Å². The quantitative estimate of drug-likeness (QED) is 0.111. The van der Waals surface area contributed by atoms with Crippen LogP contribution in [0.3, 0.4) is 0 Å². The molecule has 0 saturated heterocycles. The molecule has 0 bridgehead atoms. The number of carbonyl (C=O) groups is 1. The van der Waals surface area contributed by atoms with Crippen molar-refractivity contribution in [3.63, 3.8) is 0 Å². The minimum absolute atomic E-state index is 0.0440. The molecule has 2 N–H and O–H groups in total. The Kier molecular flexibility index (Phi) is 11.7. The number of carbonyl (C=O) groups excluding carboxylic acids is 1. The maximum absolute atomic E-state index is 14.8. The number of halogens is 2. The summed E-state index contributed by atoms with van der Waals surface area (Å²) in [6, 6.07) is 33.4. The zero-order chi connectivity index (χ0) is 40.0. The van der Waals surface area contributed by atoms with Crippen LogP contribution in [-0.2, 0) is 4.79 Å². The van der Waals surface area contributed by atoms with Crippen molar-refractivity contribution in [2.24, 2.45) is 0 Å². The van der Waals surface area contributed by atoms with Crippen molar-refractivity contribution in [1.29, 1.82) is 0 Å². The minimum atomic E-state index is -0.609. The van der Waals surface area contributed by atoms with Crippen LogP contribution in [0.4, 0.5) is 21.6 Å². The fraction of sp³-hybridized carbons (Fsp3) is 0.0889. The molecule has 8 aromatic rings. The summed E-state index contributed by atoms with van der Waals surface area (Å²) in [4.78, 5) is 32.8. The van der Waals surface area contributed by atoms with Gasteiger partial charge in [0.1, 0.15) is 28.8 Å². The molecular formula is C45H34Cl2N6O3S2. The Labute approximate surface area is 353 Å². The standard InChI is InChI=1S/C45H34Cl2N6O3S2/c1-27(37-21-33(11-17-41(37)55-35-13-7-31(46)8-14-35)50-44-52-39(25-57-44)29-5-3-19-48-23-29)43(54)28(2)38-22-34(12-18-42(38)56-36-15-9-32(47)10-16-36)51-45-53-40(26-58-45)30-6-4-20-49-24-30/h3-28H,1-2H3,(H,50,52)(H,51,53). The first-order chi connectivity index (χ1) is 28.3. The van der Waals surface area contributed by atoms with E-state index in [1.54, 1.807) is 73.3 Å². The molecule has 4 aromatic carbocycles. The Morgan fingerprint density at radius 1 is 0.603 bits per heavy atom. The van der Waals surface area contributed by atoms with Gasteiger partial charge in [0, 0.05) is 91.1 Å². The monoisotopic (exact) mass is 840 g/mol. The van der Waals surface area contributed by atoms with E-state index in [1.807, 2.05) is 85.3 Å². The van der Waals surface area contributed by atoms with Gasteiger partial charge in [-0.25, -0.2) is 9.97 Å². The van der Waals surface area contributed by atoms with Gasteiger partial charge in [0.2, 0.25) is 0 Å². The molecule has 2 atom stereocenters. The predicted molar refractivity (Wildman–Crippen MR) is 235 cm³/mol. The van der Waals surface area contributed by atoms with Gasteiger partial charge >= 0.3 is 0 Å². The summed E-state index contributed by atoms with van der Waals surface area (Å²) in [5, 5.41) is 13.4. The smallest absolute Gasteiger partial charge is 0.187 e. The van der Waals surface area contributed by atoms with Crippen molar-refractivity contribution in [3.05, 3.63) is 166 Å². The van der Waals surface area contributed by atoms with Gasteiger partial charge in [-0.15, -0.1) is 22.7 Å². The molecule has 0 saturated carbocycles. The third kappa shape index (κ3) is 9.19. The number of benzene rings is 4. The molecule has 58 heavy (non-hydrogen) atoms. The van der Waals surface area contributed by atoms with Crippen LogP contribution >= 0.6 is 45.9 Å². The largest absolute Gasteiger partial charge is 0.457 e. The number of Topliss-reactive ketones (excluding diaryl/α,β-unsaturated/α-hetero) is 1. The van der Waals surface area contributed by atoms with E-state index in [4.69, 9.17) is 42.6 Å². The van der Waals surface area contributed by atoms with Crippen LogP contribution in [-0.4, -0.2) is 25.7 Å². The van der Waals surface area contributed by atoms with Gasteiger partial charge in [0.15, 0.2) is 10.3 Å². The topological polar surface area (TPSA) is 111 Å². The molecule has 13 heteroatoms. The fourth-order valence-electron chi connectivity index (χ4n) is 6.26. The number of rotatable bonds is 14. The molecule has 4 aromatic heterocycles. The molecule has 0 fully saturated rings. The zero-order valence-electron chi connectivity index (χ0n) is 31.1. The molecule has 0 amide bonds. The summed E-state index contributed by atoms with van der Waals surface area (Å²) in [7, 11) is 0. The minimum Gasteiger partial charge on any atom is -0.457 e. The summed E-state index contributed by atoms with van der Waals surface area (Å²) >= 11 is 15.3. The van der Waals surface area contributed by atoms with Crippen LogP contribution in [0.15, 0.2) is 145 Å². The Bertz CT molecular complexity index is 2480. The van der Waals surface area contributed by atoms with Crippen molar-refractivity contribution in [3.8, 4) is 45.5 Å². The highest BCUT2D eigenvalue weighted by Gasteiger charge is 2.29. The van der Waals surface area contributed by atoms with E-state index in [0.29, 0.717) is 54.4 Å². The lowest BCUT2D eigenvalue weighted by Gasteiger charge is -2.23. The number of hydrogen-bond acceptors (Lipinski definition) is 11. The number of pyridine rings is 2. The average molecular weight is 842 g/mol. The van der Waals surface area contributed by atoms with Gasteiger partial charge in [-0.05, 0) is 109 Å². The van der Waals surface area contributed by atoms with Crippen LogP contribution in [0.2, 0.25) is 10.0 Å². The highest BCUT2D eigenvalue weighted by Crippen LogP contribution is 2.41. The number of hydrogen-bond donors (Lipinski definition) is 2. The average Bonchev–Trinajstić information content (AvgIpc) is 3.93. The van der Waals surface area contributed by atoms with Crippen LogP contribution in [0.25, 0.3) is 22.5 Å². The molecule has 0 aliphatic heterocycles. The van der Waals surface area contributed by atoms with Gasteiger partial charge in [0.25, 0.3) is 0 Å². The molecule has 9 nitrogen and oxygen atoms in total. The first-order valence-corrected chi connectivity index (χ1v) is 20.7. The van der Waals surface area contributed by atoms with Crippen molar-refractivity contribution in [1.82, 2.24) is 19.9 Å². The Morgan fingerprint density at radius 3 is 1.43 bits per heavy atom. The second kappa shape index (κ2) is 17.6. The van der Waals surface area contributed by atoms with Crippen LogP contribution in [0, 0.1) is 0 Å². The van der Waals surface area contributed by atoms with Crippen LogP contribution in [0.1, 0.15) is 36.8 Å². The summed E-state index contributed by atoms with van der Waals surface area (Å²) in [5.41, 5.74) is 6.38. The van der Waals surface area contributed by atoms with Crippen LogP contribution < -0.4 is 20.1 Å². The first-order valence-electron chi connectivity index (χ1n) is 18.2. The van der Waals surface area contributed by atoms with E-state index < -0.39 is 11.8 Å². The molecule has 0 aliphatic rings. The summed E-state index contributed by atoms with van der Waals surface area (Å²) < 4.78 is 12.8. The van der Waals surface area contributed by atoms with Gasteiger partial charge in [-0.2, -0.15) is 0 Å². The fourth-order valence-corrected chi connectivity index (χ4v) is 7.99. The Hall–Kier alpha value is -6.11. The molecule has 288 valence electrons. The van der Waals surface area contributed by atoms with Gasteiger partial charge < -0.3 is 20.1 Å². The number of aromatic nitrogens is 4. The van der Waals surface area contributed by atoms with E-state index >= 15 is 0 Å². The van der Waals surface area contributed by atoms with E-state index in [2.05, 4.69) is 20.6 Å². The van der Waals surface area contributed by atoms with Gasteiger partial charge in [-0.3, -0.25) is 14.8 Å². The maximum Gasteiger partial charge on any atom is 0.187 e. The Morgan fingerprint density at radius 2 is 1.03 bits per heavy atom. The SMILES string of the molecule is CC(C(=O)C(C)c1cc(Nc2nc(-c3cccnc3)cs2)ccc1Oc1ccc(Cl)cc1)c1cc(Nc2nc(-c3cccnc3)cs2)ccc1Oc1ccc(Cl)cc1. The number of ether oxygens (including phenoxy) is 2. The van der Waals surface area contributed by atoms with Gasteiger partial charge in [-0.1, -0.05) is 37.0 Å². The number of anilines is 4. The van der Waals surface area contributed by atoms with E-state index in [1.165, 1.54) is 22.7 Å². The lowest BCUT2D eigenvalue weighted by molar-refractivity contribution is -0.121. The molecular weight excluding hydrogens is 808 g/mol. The zero-order valence-corrected chi connectivity index (χ0v) is 34.2. The highest BCUT2D eigenvalue weighted by atomic mass is 35.5. The highest BCUT2D eigenvalue weighted by molar-refractivity contribution is 7.14. The van der Waals surface area contributed by atoms with Crippen molar-refractivity contribution in [2.75, 3.05) is 10.6 Å². The molecule has 8 rings (SSSR count).